The van der Waals surface area contributed by atoms with Crippen molar-refractivity contribution in [2.45, 2.75) is 65.1 Å². The van der Waals surface area contributed by atoms with E-state index in [0.29, 0.717) is 0 Å². The Morgan fingerprint density at radius 1 is 1.33 bits per heavy atom. The standard InChI is InChI=1S/C14H24BrN3/c1-4-12-14(15)13(18(5-2)16-12)10-17(3)11-8-6-7-9-11/h11H,4-10H2,1-3H3. The van der Waals surface area contributed by atoms with E-state index in [1.807, 2.05) is 0 Å². The van der Waals surface area contributed by atoms with Crippen molar-refractivity contribution in [2.24, 2.45) is 0 Å². The third-order valence-corrected chi connectivity index (χ3v) is 4.96. The average Bonchev–Trinajstić information content (AvgIpc) is 2.99. The molecule has 1 aromatic rings. The van der Waals surface area contributed by atoms with Gasteiger partial charge in [0.15, 0.2) is 0 Å². The van der Waals surface area contributed by atoms with Gasteiger partial charge in [-0.25, -0.2) is 0 Å². The van der Waals surface area contributed by atoms with Crippen LogP contribution in [0.4, 0.5) is 0 Å². The zero-order valence-corrected chi connectivity index (χ0v) is 13.3. The molecule has 0 aromatic carbocycles. The summed E-state index contributed by atoms with van der Waals surface area (Å²) in [6.45, 7) is 6.29. The Balaban J connectivity index is 2.14. The smallest absolute Gasteiger partial charge is 0.0767 e. The lowest BCUT2D eigenvalue weighted by molar-refractivity contribution is 0.230. The van der Waals surface area contributed by atoms with Crippen molar-refractivity contribution >= 4 is 15.9 Å². The summed E-state index contributed by atoms with van der Waals surface area (Å²) < 4.78 is 3.37. The predicted molar refractivity (Wildman–Crippen MR) is 78.7 cm³/mol. The minimum Gasteiger partial charge on any atom is -0.298 e. The Morgan fingerprint density at radius 2 is 2.00 bits per heavy atom. The van der Waals surface area contributed by atoms with Gasteiger partial charge in [-0.05, 0) is 49.2 Å². The fourth-order valence-corrected chi connectivity index (χ4v) is 3.57. The van der Waals surface area contributed by atoms with E-state index < -0.39 is 0 Å². The lowest BCUT2D eigenvalue weighted by Crippen LogP contribution is -2.29. The summed E-state index contributed by atoms with van der Waals surface area (Å²) in [6.07, 6.45) is 6.49. The van der Waals surface area contributed by atoms with Crippen LogP contribution in [-0.2, 0) is 19.5 Å². The highest BCUT2D eigenvalue weighted by Crippen LogP contribution is 2.27. The second-order valence-corrected chi connectivity index (χ2v) is 6.02. The largest absolute Gasteiger partial charge is 0.298 e. The van der Waals surface area contributed by atoms with Gasteiger partial charge in [0.25, 0.3) is 0 Å². The Bertz CT molecular complexity index is 394. The summed E-state index contributed by atoms with van der Waals surface area (Å²) in [5, 5.41) is 4.67. The van der Waals surface area contributed by atoms with E-state index in [0.717, 1.165) is 25.6 Å². The number of hydrogen-bond acceptors (Lipinski definition) is 2. The molecule has 2 rings (SSSR count). The van der Waals surface area contributed by atoms with E-state index in [1.165, 1.54) is 41.5 Å². The van der Waals surface area contributed by atoms with Crippen LogP contribution in [0.2, 0.25) is 0 Å². The van der Waals surface area contributed by atoms with E-state index in [9.17, 15) is 0 Å². The molecule has 0 amide bonds. The summed E-state index contributed by atoms with van der Waals surface area (Å²) in [7, 11) is 2.25. The van der Waals surface area contributed by atoms with Crippen LogP contribution < -0.4 is 0 Å². The van der Waals surface area contributed by atoms with Gasteiger partial charge in [0.2, 0.25) is 0 Å². The number of aromatic nitrogens is 2. The van der Waals surface area contributed by atoms with Gasteiger partial charge in [-0.15, -0.1) is 0 Å². The van der Waals surface area contributed by atoms with Crippen LogP contribution in [0.3, 0.4) is 0 Å². The summed E-state index contributed by atoms with van der Waals surface area (Å²) in [5.41, 5.74) is 2.52. The van der Waals surface area contributed by atoms with E-state index in [2.05, 4.69) is 51.5 Å². The molecule has 0 unspecified atom stereocenters. The molecular weight excluding hydrogens is 290 g/mol. The minimum atomic E-state index is 0.766. The summed E-state index contributed by atoms with van der Waals surface area (Å²) in [5.74, 6) is 0. The maximum Gasteiger partial charge on any atom is 0.0767 e. The molecule has 1 aliphatic carbocycles. The molecule has 0 bridgehead atoms. The highest BCUT2D eigenvalue weighted by Gasteiger charge is 2.22. The van der Waals surface area contributed by atoms with E-state index in [4.69, 9.17) is 0 Å². The summed E-state index contributed by atoms with van der Waals surface area (Å²) in [4.78, 5) is 2.50. The molecule has 1 heterocycles. The maximum absolute atomic E-state index is 4.67. The Hall–Kier alpha value is -0.350. The molecular formula is C14H24BrN3. The van der Waals surface area contributed by atoms with Gasteiger partial charge < -0.3 is 0 Å². The Labute approximate surface area is 119 Å². The van der Waals surface area contributed by atoms with Gasteiger partial charge in [0.05, 0.1) is 15.9 Å². The molecule has 0 N–H and O–H groups in total. The van der Waals surface area contributed by atoms with Crippen molar-refractivity contribution in [3.63, 3.8) is 0 Å². The quantitative estimate of drug-likeness (QED) is 0.828. The first kappa shape index (κ1) is 14.1. The van der Waals surface area contributed by atoms with Crippen LogP contribution >= 0.6 is 15.9 Å². The van der Waals surface area contributed by atoms with E-state index >= 15 is 0 Å². The number of halogens is 1. The molecule has 0 atom stereocenters. The van der Waals surface area contributed by atoms with Gasteiger partial charge in [0, 0.05) is 19.1 Å². The molecule has 0 aliphatic heterocycles. The SMILES string of the molecule is CCc1nn(CC)c(CN(C)C2CCCC2)c1Br. The van der Waals surface area contributed by atoms with Gasteiger partial charge in [0.1, 0.15) is 0 Å². The predicted octanol–water partition coefficient (Wildman–Crippen LogP) is 3.60. The second kappa shape index (κ2) is 6.20. The van der Waals surface area contributed by atoms with Gasteiger partial charge in [-0.1, -0.05) is 19.8 Å². The summed E-state index contributed by atoms with van der Waals surface area (Å²) >= 11 is 3.73. The highest BCUT2D eigenvalue weighted by molar-refractivity contribution is 9.10. The van der Waals surface area contributed by atoms with Crippen molar-refractivity contribution in [2.75, 3.05) is 7.05 Å². The molecule has 1 aromatic heterocycles. The van der Waals surface area contributed by atoms with Gasteiger partial charge in [-0.2, -0.15) is 5.10 Å². The maximum atomic E-state index is 4.67. The van der Waals surface area contributed by atoms with E-state index in [1.54, 1.807) is 0 Å². The molecule has 102 valence electrons. The third-order valence-electron chi connectivity index (χ3n) is 4.04. The first-order valence-electron chi connectivity index (χ1n) is 7.11. The molecule has 1 fully saturated rings. The Morgan fingerprint density at radius 3 is 2.56 bits per heavy atom. The van der Waals surface area contributed by atoms with Crippen LogP contribution in [0.5, 0.6) is 0 Å². The average molecular weight is 314 g/mol. The fourth-order valence-electron chi connectivity index (χ4n) is 2.88. The van der Waals surface area contributed by atoms with Crippen molar-refractivity contribution < 1.29 is 0 Å². The lowest BCUT2D eigenvalue weighted by atomic mass is 10.2. The van der Waals surface area contributed by atoms with Crippen molar-refractivity contribution in [3.8, 4) is 0 Å². The molecule has 18 heavy (non-hydrogen) atoms. The van der Waals surface area contributed by atoms with Gasteiger partial charge in [-0.3, -0.25) is 9.58 Å². The fraction of sp³-hybridized carbons (Fsp3) is 0.786. The highest BCUT2D eigenvalue weighted by atomic mass is 79.9. The zero-order chi connectivity index (χ0) is 13.1. The van der Waals surface area contributed by atoms with Crippen LogP contribution in [0, 0.1) is 0 Å². The first-order valence-corrected chi connectivity index (χ1v) is 7.90. The third kappa shape index (κ3) is 2.80. The lowest BCUT2D eigenvalue weighted by Gasteiger charge is -2.24. The zero-order valence-electron chi connectivity index (χ0n) is 11.7. The normalized spacial score (nSPS) is 16.9. The van der Waals surface area contributed by atoms with Crippen LogP contribution in [0.1, 0.15) is 50.9 Å². The van der Waals surface area contributed by atoms with Crippen LogP contribution in [0.15, 0.2) is 4.47 Å². The molecule has 0 spiro atoms. The topological polar surface area (TPSA) is 21.1 Å². The molecule has 1 saturated carbocycles. The van der Waals surface area contributed by atoms with Crippen LogP contribution in [0.25, 0.3) is 0 Å². The number of hydrogen-bond donors (Lipinski definition) is 0. The number of rotatable bonds is 5. The minimum absolute atomic E-state index is 0.766. The number of nitrogens with zero attached hydrogens (tertiary/aromatic N) is 3. The van der Waals surface area contributed by atoms with E-state index in [-0.39, 0.29) is 0 Å². The molecule has 0 saturated heterocycles. The first-order chi connectivity index (χ1) is 8.67. The van der Waals surface area contributed by atoms with Crippen molar-refractivity contribution in [1.29, 1.82) is 0 Å². The summed E-state index contributed by atoms with van der Waals surface area (Å²) in [6, 6.07) is 0.766. The second-order valence-electron chi connectivity index (χ2n) is 5.23. The molecule has 0 radical (unpaired) electrons. The van der Waals surface area contributed by atoms with Crippen LogP contribution in [-0.4, -0.2) is 27.8 Å². The Kier molecular flexibility index (Phi) is 4.84. The number of aryl methyl sites for hydroxylation is 2. The molecule has 1 aliphatic rings. The monoisotopic (exact) mass is 313 g/mol. The molecule has 3 nitrogen and oxygen atoms in total. The molecule has 4 heteroatoms. The van der Waals surface area contributed by atoms with Gasteiger partial charge >= 0.3 is 0 Å². The van der Waals surface area contributed by atoms with Crippen molar-refractivity contribution in [3.05, 3.63) is 15.9 Å². The van der Waals surface area contributed by atoms with Crippen molar-refractivity contribution in [1.82, 2.24) is 14.7 Å².